The Hall–Kier alpha value is -1.89. The van der Waals surface area contributed by atoms with Gasteiger partial charge >= 0.3 is 0 Å². The summed E-state index contributed by atoms with van der Waals surface area (Å²) in [5.74, 6) is 1.54. The van der Waals surface area contributed by atoms with Gasteiger partial charge in [-0.05, 0) is 20.8 Å². The zero-order valence-corrected chi connectivity index (χ0v) is 12.1. The summed E-state index contributed by atoms with van der Waals surface area (Å²) < 4.78 is 5.58. The molecule has 0 aromatic carbocycles. The van der Waals surface area contributed by atoms with Gasteiger partial charge in [0.2, 0.25) is 5.95 Å². The number of morpholine rings is 1. The molecule has 1 aliphatic rings. The number of aromatic nitrogens is 4. The first-order chi connectivity index (χ1) is 9.62. The van der Waals surface area contributed by atoms with Crippen LogP contribution in [0.3, 0.4) is 0 Å². The van der Waals surface area contributed by atoms with Gasteiger partial charge in [-0.3, -0.25) is 5.10 Å². The smallest absolute Gasteiger partial charge is 0.226 e. The van der Waals surface area contributed by atoms with Gasteiger partial charge in [0.1, 0.15) is 5.82 Å². The first-order valence-corrected chi connectivity index (χ1v) is 6.92. The first-order valence-electron chi connectivity index (χ1n) is 6.92. The van der Waals surface area contributed by atoms with E-state index in [1.54, 1.807) is 6.20 Å². The number of fused-ring (bicyclic) bond motifs is 1. The Kier molecular flexibility index (Phi) is 3.21. The van der Waals surface area contributed by atoms with E-state index in [1.165, 1.54) is 0 Å². The summed E-state index contributed by atoms with van der Waals surface area (Å²) in [4.78, 5) is 11.4. The van der Waals surface area contributed by atoms with E-state index in [-0.39, 0.29) is 5.54 Å². The molecular weight excluding hydrogens is 256 g/mol. The lowest BCUT2D eigenvalue weighted by Crippen LogP contribution is -2.53. The van der Waals surface area contributed by atoms with Crippen LogP contribution in [0.5, 0.6) is 0 Å². The lowest BCUT2D eigenvalue weighted by molar-refractivity contribution is 0.0641. The Morgan fingerprint density at radius 2 is 2.30 bits per heavy atom. The second-order valence-electron chi connectivity index (χ2n) is 5.55. The van der Waals surface area contributed by atoms with Crippen molar-refractivity contribution in [2.75, 3.05) is 36.5 Å². The number of aromatic amines is 1. The molecule has 3 heterocycles. The second-order valence-corrected chi connectivity index (χ2v) is 5.55. The van der Waals surface area contributed by atoms with Crippen molar-refractivity contribution in [3.05, 3.63) is 6.20 Å². The Morgan fingerprint density at radius 3 is 3.05 bits per heavy atom. The number of rotatable bonds is 3. The fraction of sp³-hybridized carbons (Fsp3) is 0.615. The van der Waals surface area contributed by atoms with E-state index in [1.807, 2.05) is 6.92 Å². The molecule has 2 aromatic heterocycles. The van der Waals surface area contributed by atoms with Crippen molar-refractivity contribution in [1.29, 1.82) is 0 Å². The minimum Gasteiger partial charge on any atom is -0.377 e. The van der Waals surface area contributed by atoms with Crippen LogP contribution in [0.25, 0.3) is 11.0 Å². The van der Waals surface area contributed by atoms with Crippen molar-refractivity contribution in [2.45, 2.75) is 26.3 Å². The summed E-state index contributed by atoms with van der Waals surface area (Å²) in [6, 6.07) is 0. The van der Waals surface area contributed by atoms with Crippen molar-refractivity contribution >= 4 is 22.8 Å². The molecule has 1 fully saturated rings. The maximum Gasteiger partial charge on any atom is 0.226 e. The fourth-order valence-electron chi connectivity index (χ4n) is 2.51. The van der Waals surface area contributed by atoms with Crippen LogP contribution in [0.4, 0.5) is 11.8 Å². The van der Waals surface area contributed by atoms with Crippen LogP contribution in [-0.4, -0.2) is 52.0 Å². The third-order valence-electron chi connectivity index (χ3n) is 3.53. The molecule has 2 N–H and O–H groups in total. The van der Waals surface area contributed by atoms with Gasteiger partial charge in [0.25, 0.3) is 0 Å². The van der Waals surface area contributed by atoms with E-state index in [9.17, 15) is 0 Å². The van der Waals surface area contributed by atoms with Crippen molar-refractivity contribution in [3.8, 4) is 0 Å². The minimum absolute atomic E-state index is 0.0969. The number of nitrogens with zero attached hydrogens (tertiary/aromatic N) is 4. The van der Waals surface area contributed by atoms with E-state index in [0.29, 0.717) is 19.2 Å². The molecule has 0 spiro atoms. The second kappa shape index (κ2) is 4.90. The highest BCUT2D eigenvalue weighted by atomic mass is 16.5. The average molecular weight is 276 g/mol. The van der Waals surface area contributed by atoms with Gasteiger partial charge in [-0.2, -0.15) is 15.1 Å². The molecule has 0 amide bonds. The molecule has 7 heteroatoms. The van der Waals surface area contributed by atoms with Crippen LogP contribution in [0.15, 0.2) is 6.20 Å². The SMILES string of the molecule is CCNc1nc(N2CCOCC2(C)C)c2cn[nH]c2n1. The van der Waals surface area contributed by atoms with Gasteiger partial charge in [-0.25, -0.2) is 0 Å². The zero-order valence-electron chi connectivity index (χ0n) is 12.1. The Balaban J connectivity index is 2.10. The van der Waals surface area contributed by atoms with Gasteiger partial charge < -0.3 is 15.0 Å². The van der Waals surface area contributed by atoms with Crippen LogP contribution >= 0.6 is 0 Å². The highest BCUT2D eigenvalue weighted by molar-refractivity contribution is 5.88. The maximum atomic E-state index is 5.58. The molecule has 1 aliphatic heterocycles. The number of hydrogen-bond donors (Lipinski definition) is 2. The first kappa shape index (κ1) is 13.1. The van der Waals surface area contributed by atoms with Gasteiger partial charge in [0.05, 0.1) is 30.3 Å². The van der Waals surface area contributed by atoms with Crippen LogP contribution in [-0.2, 0) is 4.74 Å². The topological polar surface area (TPSA) is 79.0 Å². The molecule has 0 radical (unpaired) electrons. The third kappa shape index (κ3) is 2.18. The standard InChI is InChI=1S/C13H20N6O/c1-4-14-12-16-10-9(7-15-18-10)11(17-12)19-5-6-20-8-13(19,2)3/h7H,4-6,8H2,1-3H3,(H2,14,15,16,17,18). The largest absolute Gasteiger partial charge is 0.377 e. The Labute approximate surface area is 117 Å². The Morgan fingerprint density at radius 1 is 1.45 bits per heavy atom. The normalized spacial score (nSPS) is 18.4. The summed E-state index contributed by atoms with van der Waals surface area (Å²) in [6.07, 6.45) is 1.78. The summed E-state index contributed by atoms with van der Waals surface area (Å²) >= 11 is 0. The molecule has 3 rings (SSSR count). The Bertz CT molecular complexity index is 608. The predicted octanol–water partition coefficient (Wildman–Crippen LogP) is 1.40. The molecule has 108 valence electrons. The van der Waals surface area contributed by atoms with Gasteiger partial charge in [-0.1, -0.05) is 0 Å². The maximum absolute atomic E-state index is 5.58. The summed E-state index contributed by atoms with van der Waals surface area (Å²) in [5.41, 5.74) is 0.661. The monoisotopic (exact) mass is 276 g/mol. The van der Waals surface area contributed by atoms with Crippen molar-refractivity contribution in [3.63, 3.8) is 0 Å². The molecule has 1 saturated heterocycles. The van der Waals surface area contributed by atoms with Crippen molar-refractivity contribution in [2.24, 2.45) is 0 Å². The summed E-state index contributed by atoms with van der Waals surface area (Å²) in [6.45, 7) is 9.34. The number of hydrogen-bond acceptors (Lipinski definition) is 6. The molecule has 0 atom stereocenters. The van der Waals surface area contributed by atoms with Crippen LogP contribution in [0, 0.1) is 0 Å². The molecule has 2 aromatic rings. The van der Waals surface area contributed by atoms with Crippen LogP contribution in [0.2, 0.25) is 0 Å². The molecule has 0 unspecified atom stereocenters. The predicted molar refractivity (Wildman–Crippen MR) is 78.1 cm³/mol. The fourth-order valence-corrected chi connectivity index (χ4v) is 2.51. The van der Waals surface area contributed by atoms with Crippen molar-refractivity contribution in [1.82, 2.24) is 20.2 Å². The molecule has 0 saturated carbocycles. The lowest BCUT2D eigenvalue weighted by atomic mass is 10.0. The van der Waals surface area contributed by atoms with E-state index < -0.39 is 0 Å². The van der Waals surface area contributed by atoms with E-state index in [2.05, 4.69) is 44.2 Å². The van der Waals surface area contributed by atoms with Crippen molar-refractivity contribution < 1.29 is 4.74 Å². The molecule has 0 bridgehead atoms. The van der Waals surface area contributed by atoms with Crippen LogP contribution < -0.4 is 10.2 Å². The summed E-state index contributed by atoms with van der Waals surface area (Å²) in [7, 11) is 0. The molecule has 20 heavy (non-hydrogen) atoms. The molecule has 7 nitrogen and oxygen atoms in total. The summed E-state index contributed by atoms with van der Waals surface area (Å²) in [5, 5.41) is 11.1. The van der Waals surface area contributed by atoms with Gasteiger partial charge in [0, 0.05) is 13.1 Å². The lowest BCUT2D eigenvalue weighted by Gasteiger charge is -2.43. The van der Waals surface area contributed by atoms with E-state index in [0.717, 1.165) is 29.9 Å². The number of nitrogens with one attached hydrogen (secondary N) is 2. The van der Waals surface area contributed by atoms with Gasteiger partial charge in [-0.15, -0.1) is 0 Å². The highest BCUT2D eigenvalue weighted by Gasteiger charge is 2.33. The van der Waals surface area contributed by atoms with E-state index in [4.69, 9.17) is 4.74 Å². The van der Waals surface area contributed by atoms with Crippen LogP contribution in [0.1, 0.15) is 20.8 Å². The quantitative estimate of drug-likeness (QED) is 0.882. The third-order valence-corrected chi connectivity index (χ3v) is 3.53. The van der Waals surface area contributed by atoms with Gasteiger partial charge in [0.15, 0.2) is 5.65 Å². The number of ether oxygens (including phenoxy) is 1. The highest BCUT2D eigenvalue weighted by Crippen LogP contribution is 2.31. The minimum atomic E-state index is -0.0969. The number of H-pyrrole nitrogens is 1. The van der Waals surface area contributed by atoms with E-state index >= 15 is 0 Å². The number of anilines is 2. The molecular formula is C13H20N6O. The average Bonchev–Trinajstić information content (AvgIpc) is 2.86. The molecule has 0 aliphatic carbocycles. The zero-order chi connectivity index (χ0) is 14.2.